The molecule has 11 rings (SSSR count). The van der Waals surface area contributed by atoms with Gasteiger partial charge in [-0.3, -0.25) is 0 Å². The molecular formula is C57H41FN2. The van der Waals surface area contributed by atoms with E-state index < -0.39 is 0 Å². The van der Waals surface area contributed by atoms with Crippen LogP contribution in [-0.2, 0) is 5.41 Å². The van der Waals surface area contributed by atoms with Crippen molar-refractivity contribution in [3.8, 4) is 50.3 Å². The van der Waals surface area contributed by atoms with Crippen LogP contribution in [0.1, 0.15) is 25.0 Å². The number of hydrogen-bond donors (Lipinski definition) is 0. The van der Waals surface area contributed by atoms with E-state index in [1.165, 1.54) is 66.3 Å². The molecule has 0 spiro atoms. The van der Waals surface area contributed by atoms with Gasteiger partial charge >= 0.3 is 0 Å². The van der Waals surface area contributed by atoms with E-state index in [-0.39, 0.29) is 11.2 Å². The maximum absolute atomic E-state index is 14.4. The number of hydrogen-bond acceptors (Lipinski definition) is 1. The van der Waals surface area contributed by atoms with Crippen molar-refractivity contribution in [1.82, 2.24) is 4.57 Å². The van der Waals surface area contributed by atoms with Crippen molar-refractivity contribution >= 4 is 38.7 Å². The minimum Gasteiger partial charge on any atom is -0.310 e. The third-order valence-electron chi connectivity index (χ3n) is 12.5. The van der Waals surface area contributed by atoms with Crippen molar-refractivity contribution in [2.24, 2.45) is 0 Å². The molecule has 1 aromatic heterocycles. The van der Waals surface area contributed by atoms with Gasteiger partial charge in [0.05, 0.1) is 11.2 Å². The molecule has 9 aromatic carbocycles. The summed E-state index contributed by atoms with van der Waals surface area (Å²) in [6.07, 6.45) is 0. The Labute approximate surface area is 350 Å². The molecule has 0 amide bonds. The predicted octanol–water partition coefficient (Wildman–Crippen LogP) is 15.7. The summed E-state index contributed by atoms with van der Waals surface area (Å²) in [6.45, 7) is 4.61. The molecule has 0 saturated heterocycles. The van der Waals surface area contributed by atoms with Gasteiger partial charge in [-0.15, -0.1) is 0 Å². The monoisotopic (exact) mass is 772 g/mol. The van der Waals surface area contributed by atoms with E-state index in [9.17, 15) is 4.39 Å². The summed E-state index contributed by atoms with van der Waals surface area (Å²) < 4.78 is 16.8. The van der Waals surface area contributed by atoms with Crippen molar-refractivity contribution in [1.29, 1.82) is 0 Å². The Bertz CT molecular complexity index is 3200. The molecule has 0 aliphatic heterocycles. The van der Waals surface area contributed by atoms with Crippen LogP contribution in [0.3, 0.4) is 0 Å². The lowest BCUT2D eigenvalue weighted by Crippen LogP contribution is -2.16. The number of nitrogens with zero attached hydrogens (tertiary/aromatic N) is 2. The molecule has 0 bridgehead atoms. The zero-order valence-electron chi connectivity index (χ0n) is 33.5. The lowest BCUT2D eigenvalue weighted by molar-refractivity contribution is 0.628. The number of rotatable bonds is 7. The number of benzene rings is 9. The van der Waals surface area contributed by atoms with Crippen LogP contribution in [0.25, 0.3) is 72.0 Å². The quantitative estimate of drug-likeness (QED) is 0.157. The van der Waals surface area contributed by atoms with Crippen molar-refractivity contribution < 1.29 is 4.39 Å². The van der Waals surface area contributed by atoms with Crippen LogP contribution >= 0.6 is 0 Å². The zero-order chi connectivity index (χ0) is 40.4. The van der Waals surface area contributed by atoms with Gasteiger partial charge in [-0.05, 0) is 111 Å². The van der Waals surface area contributed by atoms with E-state index in [1.54, 1.807) is 12.1 Å². The lowest BCUT2D eigenvalue weighted by atomic mass is 9.82. The Morgan fingerprint density at radius 2 is 0.983 bits per heavy atom. The van der Waals surface area contributed by atoms with Crippen LogP contribution in [0.5, 0.6) is 0 Å². The first kappa shape index (κ1) is 35.7. The zero-order valence-corrected chi connectivity index (χ0v) is 33.5. The third kappa shape index (κ3) is 5.69. The predicted molar refractivity (Wildman–Crippen MR) is 249 cm³/mol. The van der Waals surface area contributed by atoms with Crippen molar-refractivity contribution in [3.63, 3.8) is 0 Å². The van der Waals surface area contributed by atoms with Gasteiger partial charge in [0, 0.05) is 44.5 Å². The Morgan fingerprint density at radius 3 is 1.70 bits per heavy atom. The number of anilines is 3. The average Bonchev–Trinajstić information content (AvgIpc) is 3.77. The maximum Gasteiger partial charge on any atom is 0.123 e. The van der Waals surface area contributed by atoms with E-state index in [2.05, 4.69) is 211 Å². The molecule has 1 heterocycles. The number of fused-ring (bicyclic) bond motifs is 6. The molecule has 1 aliphatic rings. The first-order chi connectivity index (χ1) is 29.5. The fourth-order valence-corrected chi connectivity index (χ4v) is 9.65. The van der Waals surface area contributed by atoms with Crippen molar-refractivity contribution in [2.45, 2.75) is 19.3 Å². The smallest absolute Gasteiger partial charge is 0.123 e. The number of halogens is 1. The van der Waals surface area contributed by atoms with Gasteiger partial charge in [0.25, 0.3) is 0 Å². The molecule has 0 unspecified atom stereocenters. The standard InChI is InChI=1S/C57H41FN2/c1-57(2)52-24-13-12-21-48(52)49-34-33-45(37-53(49)57)59(44-31-27-41(58)28-32-44)43-29-25-38(26-30-43)46-22-14-23-50-47(46)35-36-51-54(39-15-6-3-7-16-39)55(40-17-8-4-9-18-40)60(56(50)51)42-19-10-5-11-20-42/h3-37H,1-2H3. The van der Waals surface area contributed by atoms with Crippen LogP contribution in [-0.4, -0.2) is 4.57 Å². The van der Waals surface area contributed by atoms with E-state index in [1.807, 2.05) is 12.1 Å². The van der Waals surface area contributed by atoms with E-state index in [0.717, 1.165) is 33.9 Å². The highest BCUT2D eigenvalue weighted by molar-refractivity contribution is 6.18. The van der Waals surface area contributed by atoms with E-state index >= 15 is 0 Å². The van der Waals surface area contributed by atoms with Crippen molar-refractivity contribution in [3.05, 3.63) is 229 Å². The van der Waals surface area contributed by atoms with Gasteiger partial charge in [-0.25, -0.2) is 4.39 Å². The van der Waals surface area contributed by atoms with Crippen LogP contribution < -0.4 is 4.90 Å². The largest absolute Gasteiger partial charge is 0.310 e. The third-order valence-corrected chi connectivity index (χ3v) is 12.5. The molecule has 0 N–H and O–H groups in total. The summed E-state index contributed by atoms with van der Waals surface area (Å²) in [4.78, 5) is 2.23. The Morgan fingerprint density at radius 1 is 0.417 bits per heavy atom. The van der Waals surface area contributed by atoms with Gasteiger partial charge in [0.15, 0.2) is 0 Å². The molecule has 0 radical (unpaired) electrons. The maximum atomic E-state index is 14.4. The van der Waals surface area contributed by atoms with E-state index in [4.69, 9.17) is 0 Å². The normalized spacial score (nSPS) is 12.7. The molecule has 0 atom stereocenters. The molecule has 286 valence electrons. The Balaban J connectivity index is 1.08. The van der Waals surface area contributed by atoms with Crippen LogP contribution in [0.15, 0.2) is 212 Å². The summed E-state index contributed by atoms with van der Waals surface area (Å²) in [5.74, 6) is -0.255. The highest BCUT2D eigenvalue weighted by atomic mass is 19.1. The van der Waals surface area contributed by atoms with Gasteiger partial charge in [0.2, 0.25) is 0 Å². The second-order valence-corrected chi connectivity index (χ2v) is 16.2. The number of aromatic nitrogens is 1. The Kier molecular flexibility index (Phi) is 8.38. The van der Waals surface area contributed by atoms with Crippen molar-refractivity contribution in [2.75, 3.05) is 4.90 Å². The molecule has 1 aliphatic carbocycles. The molecule has 2 nitrogen and oxygen atoms in total. The minimum atomic E-state index is -0.255. The molecule has 3 heteroatoms. The summed E-state index contributed by atoms with van der Waals surface area (Å²) >= 11 is 0. The van der Waals surface area contributed by atoms with Crippen LogP contribution in [0.4, 0.5) is 21.5 Å². The molecule has 0 fully saturated rings. The minimum absolute atomic E-state index is 0.149. The fourth-order valence-electron chi connectivity index (χ4n) is 9.65. The second-order valence-electron chi connectivity index (χ2n) is 16.2. The van der Waals surface area contributed by atoms with Gasteiger partial charge in [-0.2, -0.15) is 0 Å². The summed E-state index contributed by atoms with van der Waals surface area (Å²) in [5.41, 5.74) is 17.3. The first-order valence-electron chi connectivity index (χ1n) is 20.6. The van der Waals surface area contributed by atoms with E-state index in [0.29, 0.717) is 0 Å². The SMILES string of the molecule is CC1(C)c2ccccc2-c2ccc(N(c3ccc(F)cc3)c3ccc(-c4cccc5c4ccc4c(-c6ccccc6)c(-c6ccccc6)n(-c6ccccc6)c45)cc3)cc21. The van der Waals surface area contributed by atoms with Gasteiger partial charge in [-0.1, -0.05) is 166 Å². The molecular weight excluding hydrogens is 732 g/mol. The average molecular weight is 773 g/mol. The van der Waals surface area contributed by atoms with Crippen LogP contribution in [0.2, 0.25) is 0 Å². The lowest BCUT2D eigenvalue weighted by Gasteiger charge is -2.28. The van der Waals surface area contributed by atoms with Gasteiger partial charge in [0.1, 0.15) is 5.82 Å². The van der Waals surface area contributed by atoms with Crippen LogP contribution in [0, 0.1) is 5.82 Å². The number of para-hydroxylation sites is 1. The first-order valence-corrected chi connectivity index (χ1v) is 20.6. The highest BCUT2D eigenvalue weighted by Crippen LogP contribution is 2.51. The summed E-state index contributed by atoms with van der Waals surface area (Å²) in [7, 11) is 0. The highest BCUT2D eigenvalue weighted by Gasteiger charge is 2.35. The summed E-state index contributed by atoms with van der Waals surface area (Å²) in [5, 5.41) is 3.58. The van der Waals surface area contributed by atoms with Gasteiger partial charge < -0.3 is 9.47 Å². The molecule has 60 heavy (non-hydrogen) atoms. The molecule has 10 aromatic rings. The second kappa shape index (κ2) is 14.1. The fraction of sp³-hybridized carbons (Fsp3) is 0.0526. The molecule has 0 saturated carbocycles. The summed E-state index contributed by atoms with van der Waals surface area (Å²) in [6, 6.07) is 74.7. The topological polar surface area (TPSA) is 8.17 Å². The Hall–Kier alpha value is -7.49.